The number of nitrogens with two attached hydrogens (primary N) is 2. The molecule has 7 N–H and O–H groups in total. The van der Waals surface area contributed by atoms with Gasteiger partial charge in [0.15, 0.2) is 6.10 Å². The van der Waals surface area contributed by atoms with Gasteiger partial charge >= 0.3 is 0 Å². The Bertz CT molecular complexity index is 993. The van der Waals surface area contributed by atoms with Crippen molar-refractivity contribution in [2.24, 2.45) is 11.5 Å². The summed E-state index contributed by atoms with van der Waals surface area (Å²) in [6, 6.07) is 6.51. The van der Waals surface area contributed by atoms with E-state index in [-0.39, 0.29) is 42.9 Å². The smallest absolute Gasteiger partial charge is 0.254 e. The second kappa shape index (κ2) is 11.0. The number of hydrogen-bond acceptors (Lipinski definition) is 6. The van der Waals surface area contributed by atoms with E-state index in [1.54, 1.807) is 19.1 Å². The van der Waals surface area contributed by atoms with Crippen LogP contribution in [0.15, 0.2) is 30.3 Å². The van der Waals surface area contributed by atoms with Crippen molar-refractivity contribution in [3.05, 3.63) is 58.7 Å². The molecular weight excluding hydrogens is 424 g/mol. The van der Waals surface area contributed by atoms with Gasteiger partial charge in [-0.3, -0.25) is 15.6 Å². The highest BCUT2D eigenvalue weighted by Gasteiger charge is 2.28. The molecular formula is C21H25F2N5O4. The summed E-state index contributed by atoms with van der Waals surface area (Å²) in [5, 5.41) is 17.4. The zero-order valence-corrected chi connectivity index (χ0v) is 17.6. The molecule has 1 amide bonds. The van der Waals surface area contributed by atoms with Crippen molar-refractivity contribution in [1.82, 2.24) is 5.32 Å². The van der Waals surface area contributed by atoms with E-state index in [0.717, 1.165) is 12.1 Å². The highest BCUT2D eigenvalue weighted by molar-refractivity contribution is 5.95. The summed E-state index contributed by atoms with van der Waals surface area (Å²) in [5.41, 5.74) is 11.1. The highest BCUT2D eigenvalue weighted by Crippen LogP contribution is 2.29. The predicted molar refractivity (Wildman–Crippen MR) is 114 cm³/mol. The summed E-state index contributed by atoms with van der Waals surface area (Å²) in [7, 11) is 1.27. The third-order valence-electron chi connectivity index (χ3n) is 4.34. The average molecular weight is 449 g/mol. The number of rotatable bonds is 11. The van der Waals surface area contributed by atoms with E-state index in [2.05, 4.69) is 5.32 Å². The van der Waals surface area contributed by atoms with Gasteiger partial charge in [0, 0.05) is 36.4 Å². The lowest BCUT2D eigenvalue weighted by Crippen LogP contribution is -2.32. The van der Waals surface area contributed by atoms with E-state index >= 15 is 0 Å². The molecule has 0 heterocycles. The van der Waals surface area contributed by atoms with Crippen LogP contribution in [0.4, 0.5) is 8.78 Å². The van der Waals surface area contributed by atoms with Crippen molar-refractivity contribution in [3.63, 3.8) is 0 Å². The van der Waals surface area contributed by atoms with Gasteiger partial charge < -0.3 is 31.0 Å². The molecule has 0 aliphatic heterocycles. The lowest BCUT2D eigenvalue weighted by Gasteiger charge is -2.20. The number of carbonyl (C=O) groups excluding carboxylic acids is 1. The third kappa shape index (κ3) is 6.14. The summed E-state index contributed by atoms with van der Waals surface area (Å²) in [5.74, 6) is -2.95. The summed E-state index contributed by atoms with van der Waals surface area (Å²) in [4.78, 5) is 12.8. The van der Waals surface area contributed by atoms with Gasteiger partial charge in [0.1, 0.15) is 41.4 Å². The Morgan fingerprint density at radius 1 is 1.16 bits per heavy atom. The van der Waals surface area contributed by atoms with Gasteiger partial charge in [-0.05, 0) is 13.0 Å². The lowest BCUT2D eigenvalue weighted by molar-refractivity contribution is -0.133. The molecule has 0 aliphatic carbocycles. The van der Waals surface area contributed by atoms with Crippen LogP contribution in [0, 0.1) is 22.5 Å². The Kier molecular flexibility index (Phi) is 8.47. The number of nitrogen functional groups attached to an aromatic ring is 1. The van der Waals surface area contributed by atoms with E-state index in [1.807, 2.05) is 0 Å². The van der Waals surface area contributed by atoms with Crippen molar-refractivity contribution < 1.29 is 27.8 Å². The van der Waals surface area contributed by atoms with Crippen LogP contribution >= 0.6 is 0 Å². The molecule has 0 aromatic heterocycles. The fraction of sp³-hybridized carbons (Fsp3) is 0.286. The molecule has 0 radical (unpaired) electrons. The fourth-order valence-electron chi connectivity index (χ4n) is 2.82. The van der Waals surface area contributed by atoms with Crippen molar-refractivity contribution in [2.75, 3.05) is 20.3 Å². The molecule has 2 aromatic carbocycles. The molecule has 0 fully saturated rings. The second-order valence-corrected chi connectivity index (χ2v) is 6.61. The van der Waals surface area contributed by atoms with Crippen LogP contribution < -0.4 is 26.3 Å². The molecule has 32 heavy (non-hydrogen) atoms. The van der Waals surface area contributed by atoms with Crippen LogP contribution in [-0.4, -0.2) is 37.9 Å². The van der Waals surface area contributed by atoms with E-state index in [1.165, 1.54) is 13.2 Å². The largest absolute Gasteiger partial charge is 0.497 e. The maximum absolute atomic E-state index is 14.5. The molecule has 0 saturated heterocycles. The number of amidine groups is 2. The molecule has 0 spiro atoms. The summed E-state index contributed by atoms with van der Waals surface area (Å²) >= 11 is 0. The maximum atomic E-state index is 14.5. The van der Waals surface area contributed by atoms with E-state index in [9.17, 15) is 13.6 Å². The van der Waals surface area contributed by atoms with Crippen LogP contribution in [0.5, 0.6) is 11.5 Å². The summed E-state index contributed by atoms with van der Waals surface area (Å²) < 4.78 is 44.6. The SMILES string of the molecule is CCOC(C(=O)NCc1ccc(C(=N)N)cc1OCC(=N)N)c1c(F)cc(OC)cc1F. The van der Waals surface area contributed by atoms with Crippen molar-refractivity contribution in [2.45, 2.75) is 19.6 Å². The Balaban J connectivity index is 2.27. The molecule has 9 nitrogen and oxygen atoms in total. The molecule has 11 heteroatoms. The molecule has 0 saturated carbocycles. The van der Waals surface area contributed by atoms with Gasteiger partial charge in [0.25, 0.3) is 5.91 Å². The van der Waals surface area contributed by atoms with Gasteiger partial charge in [0.2, 0.25) is 0 Å². The Labute approximate surface area is 183 Å². The minimum absolute atomic E-state index is 0.0303. The van der Waals surface area contributed by atoms with Crippen molar-refractivity contribution >= 4 is 17.6 Å². The summed E-state index contributed by atoms with van der Waals surface area (Å²) in [6.07, 6.45) is -1.54. The number of benzene rings is 2. The van der Waals surface area contributed by atoms with Crippen LogP contribution in [0.25, 0.3) is 0 Å². The van der Waals surface area contributed by atoms with Gasteiger partial charge in [-0.1, -0.05) is 12.1 Å². The quantitative estimate of drug-likeness (QED) is 0.261. The number of nitrogens with one attached hydrogen (secondary N) is 3. The van der Waals surface area contributed by atoms with Crippen molar-refractivity contribution in [3.8, 4) is 11.5 Å². The second-order valence-electron chi connectivity index (χ2n) is 6.61. The minimum Gasteiger partial charge on any atom is -0.497 e. The van der Waals surface area contributed by atoms with Gasteiger partial charge in [-0.2, -0.15) is 0 Å². The molecule has 2 aromatic rings. The van der Waals surface area contributed by atoms with Crippen LogP contribution in [0.2, 0.25) is 0 Å². The number of amides is 1. The topological polar surface area (TPSA) is 157 Å². The van der Waals surface area contributed by atoms with Gasteiger partial charge in [-0.25, -0.2) is 8.78 Å². The lowest BCUT2D eigenvalue weighted by atomic mass is 10.1. The van der Waals surface area contributed by atoms with Gasteiger partial charge in [-0.15, -0.1) is 0 Å². The first-order valence-corrected chi connectivity index (χ1v) is 9.53. The fourth-order valence-corrected chi connectivity index (χ4v) is 2.82. The predicted octanol–water partition coefficient (Wildman–Crippen LogP) is 1.97. The number of carbonyl (C=O) groups is 1. The maximum Gasteiger partial charge on any atom is 0.254 e. The molecule has 1 atom stereocenters. The first-order valence-electron chi connectivity index (χ1n) is 9.53. The van der Waals surface area contributed by atoms with E-state index in [4.69, 9.17) is 36.5 Å². The number of methoxy groups -OCH3 is 1. The first kappa shape index (κ1) is 24.5. The third-order valence-corrected chi connectivity index (χ3v) is 4.34. The molecule has 172 valence electrons. The van der Waals surface area contributed by atoms with Crippen LogP contribution in [0.3, 0.4) is 0 Å². The number of ether oxygens (including phenoxy) is 3. The number of hydrogen-bond donors (Lipinski definition) is 5. The van der Waals surface area contributed by atoms with Crippen molar-refractivity contribution in [1.29, 1.82) is 10.8 Å². The molecule has 2 rings (SSSR count). The molecule has 0 aliphatic rings. The standard InChI is InChI=1S/C21H25F2N5O4/c1-3-31-19(18-14(22)7-13(30-2)8-15(18)23)21(29)28-9-12-5-4-11(20(26)27)6-16(12)32-10-17(24)25/h4-8,19H,3,9-10H2,1-2H3,(H3,24,25)(H3,26,27)(H,28,29). The zero-order chi connectivity index (χ0) is 23.8. The molecule has 0 bridgehead atoms. The zero-order valence-electron chi connectivity index (χ0n) is 17.6. The van der Waals surface area contributed by atoms with E-state index in [0.29, 0.717) is 11.1 Å². The van der Waals surface area contributed by atoms with Crippen LogP contribution in [0.1, 0.15) is 29.7 Å². The average Bonchev–Trinajstić information content (AvgIpc) is 2.74. The molecule has 1 unspecified atom stereocenters. The summed E-state index contributed by atoms with van der Waals surface area (Å²) in [6.45, 7) is 1.32. The Morgan fingerprint density at radius 3 is 2.34 bits per heavy atom. The van der Waals surface area contributed by atoms with Gasteiger partial charge in [0.05, 0.1) is 12.7 Å². The Hall–Kier alpha value is -3.73. The monoisotopic (exact) mass is 449 g/mol. The number of halogens is 2. The van der Waals surface area contributed by atoms with E-state index < -0.39 is 29.2 Å². The minimum atomic E-state index is -1.54. The Morgan fingerprint density at radius 2 is 1.81 bits per heavy atom. The highest BCUT2D eigenvalue weighted by atomic mass is 19.1. The normalized spacial score (nSPS) is 11.5. The first-order chi connectivity index (χ1) is 15.2. The van der Waals surface area contributed by atoms with Crippen LogP contribution in [-0.2, 0) is 16.1 Å².